The van der Waals surface area contributed by atoms with Crippen molar-refractivity contribution in [3.63, 3.8) is 0 Å². The van der Waals surface area contributed by atoms with E-state index in [4.69, 9.17) is 4.74 Å². The second-order valence-electron chi connectivity index (χ2n) is 4.52. The SMILES string of the molecule is CCCC(C)N(C)Cc1cccc(OC)c1O. The lowest BCUT2D eigenvalue weighted by molar-refractivity contribution is 0.233. The normalized spacial score (nSPS) is 12.8. The molecule has 0 aromatic heterocycles. The van der Waals surface area contributed by atoms with Gasteiger partial charge < -0.3 is 9.84 Å². The summed E-state index contributed by atoms with van der Waals surface area (Å²) >= 11 is 0. The van der Waals surface area contributed by atoms with E-state index in [9.17, 15) is 5.11 Å². The zero-order chi connectivity index (χ0) is 12.8. The third-order valence-electron chi connectivity index (χ3n) is 3.18. The third kappa shape index (κ3) is 3.63. The summed E-state index contributed by atoms with van der Waals surface area (Å²) in [5.74, 6) is 0.796. The number of methoxy groups -OCH3 is 1. The first-order valence-corrected chi connectivity index (χ1v) is 6.15. The average molecular weight is 237 g/mol. The second kappa shape index (κ2) is 6.50. The topological polar surface area (TPSA) is 32.7 Å². The van der Waals surface area contributed by atoms with Gasteiger partial charge in [-0.15, -0.1) is 0 Å². The van der Waals surface area contributed by atoms with Crippen molar-refractivity contribution in [2.45, 2.75) is 39.3 Å². The lowest BCUT2D eigenvalue weighted by atomic mass is 10.1. The molecule has 0 aliphatic carbocycles. The van der Waals surface area contributed by atoms with Gasteiger partial charge in [-0.2, -0.15) is 0 Å². The van der Waals surface area contributed by atoms with Crippen molar-refractivity contribution in [2.75, 3.05) is 14.2 Å². The molecule has 1 rings (SSSR count). The summed E-state index contributed by atoms with van der Waals surface area (Å²) in [5, 5.41) is 10.00. The van der Waals surface area contributed by atoms with Gasteiger partial charge in [-0.3, -0.25) is 4.90 Å². The van der Waals surface area contributed by atoms with Gasteiger partial charge >= 0.3 is 0 Å². The Kier molecular flexibility index (Phi) is 5.29. The Hall–Kier alpha value is -1.22. The molecule has 0 aliphatic heterocycles. The highest BCUT2D eigenvalue weighted by molar-refractivity contribution is 5.45. The molecule has 1 unspecified atom stereocenters. The summed E-state index contributed by atoms with van der Waals surface area (Å²) in [5.41, 5.74) is 0.912. The smallest absolute Gasteiger partial charge is 0.162 e. The molecule has 3 nitrogen and oxygen atoms in total. The molecule has 96 valence electrons. The first-order valence-electron chi connectivity index (χ1n) is 6.15. The van der Waals surface area contributed by atoms with Gasteiger partial charge in [0.2, 0.25) is 0 Å². The quantitative estimate of drug-likeness (QED) is 0.825. The molecular formula is C14H23NO2. The molecule has 0 amide bonds. The molecule has 1 aromatic carbocycles. The Morgan fingerprint density at radius 3 is 2.71 bits per heavy atom. The van der Waals surface area contributed by atoms with Gasteiger partial charge in [0, 0.05) is 18.2 Å². The molecule has 0 radical (unpaired) electrons. The summed E-state index contributed by atoms with van der Waals surface area (Å²) in [6, 6.07) is 6.14. The van der Waals surface area contributed by atoms with Crippen molar-refractivity contribution in [1.29, 1.82) is 0 Å². The van der Waals surface area contributed by atoms with Crippen LogP contribution in [0.25, 0.3) is 0 Å². The highest BCUT2D eigenvalue weighted by Crippen LogP contribution is 2.30. The minimum Gasteiger partial charge on any atom is -0.504 e. The molecular weight excluding hydrogens is 214 g/mol. The van der Waals surface area contributed by atoms with Crippen molar-refractivity contribution in [3.05, 3.63) is 23.8 Å². The number of aromatic hydroxyl groups is 1. The number of phenols is 1. The monoisotopic (exact) mass is 237 g/mol. The number of ether oxygens (including phenoxy) is 1. The van der Waals surface area contributed by atoms with Crippen molar-refractivity contribution < 1.29 is 9.84 Å². The fourth-order valence-electron chi connectivity index (χ4n) is 1.92. The largest absolute Gasteiger partial charge is 0.504 e. The van der Waals surface area contributed by atoms with Crippen LogP contribution in [0.2, 0.25) is 0 Å². The summed E-state index contributed by atoms with van der Waals surface area (Å²) in [7, 11) is 3.65. The highest BCUT2D eigenvalue weighted by Gasteiger charge is 2.13. The molecule has 0 heterocycles. The molecule has 0 aliphatic rings. The van der Waals surface area contributed by atoms with Crippen molar-refractivity contribution in [2.24, 2.45) is 0 Å². The molecule has 1 N–H and O–H groups in total. The van der Waals surface area contributed by atoms with E-state index < -0.39 is 0 Å². The summed E-state index contributed by atoms with van der Waals surface area (Å²) < 4.78 is 5.11. The zero-order valence-corrected chi connectivity index (χ0v) is 11.2. The maximum atomic E-state index is 10.00. The van der Waals surface area contributed by atoms with Crippen LogP contribution in [-0.4, -0.2) is 30.2 Å². The van der Waals surface area contributed by atoms with Gasteiger partial charge in [0.25, 0.3) is 0 Å². The van der Waals surface area contributed by atoms with E-state index in [0.717, 1.165) is 12.1 Å². The van der Waals surface area contributed by atoms with Gasteiger partial charge in [0.15, 0.2) is 11.5 Å². The Morgan fingerprint density at radius 2 is 2.12 bits per heavy atom. The van der Waals surface area contributed by atoms with Crippen LogP contribution in [0.3, 0.4) is 0 Å². The Bertz CT molecular complexity index is 352. The maximum absolute atomic E-state index is 10.00. The van der Waals surface area contributed by atoms with Gasteiger partial charge in [-0.25, -0.2) is 0 Å². The summed E-state index contributed by atoms with van der Waals surface area (Å²) in [6.07, 6.45) is 2.34. The fourth-order valence-corrected chi connectivity index (χ4v) is 1.92. The predicted molar refractivity (Wildman–Crippen MR) is 70.5 cm³/mol. The number of hydrogen-bond acceptors (Lipinski definition) is 3. The Labute approximate surface area is 104 Å². The molecule has 0 bridgehead atoms. The molecule has 3 heteroatoms. The number of benzene rings is 1. The number of hydrogen-bond donors (Lipinski definition) is 1. The Morgan fingerprint density at radius 1 is 1.41 bits per heavy atom. The van der Waals surface area contributed by atoms with Crippen molar-refractivity contribution >= 4 is 0 Å². The average Bonchev–Trinajstić information content (AvgIpc) is 2.32. The van der Waals surface area contributed by atoms with Crippen LogP contribution < -0.4 is 4.74 Å². The molecule has 17 heavy (non-hydrogen) atoms. The molecule has 1 atom stereocenters. The van der Waals surface area contributed by atoms with Gasteiger partial charge in [-0.05, 0) is 26.5 Å². The van der Waals surface area contributed by atoms with E-state index in [1.807, 2.05) is 12.1 Å². The van der Waals surface area contributed by atoms with E-state index in [1.54, 1.807) is 13.2 Å². The standard InChI is InChI=1S/C14H23NO2/c1-5-7-11(2)15(3)10-12-8-6-9-13(17-4)14(12)16/h6,8-9,11,16H,5,7,10H2,1-4H3. The van der Waals surface area contributed by atoms with Crippen LogP contribution in [0.4, 0.5) is 0 Å². The van der Waals surface area contributed by atoms with Crippen molar-refractivity contribution in [3.8, 4) is 11.5 Å². The van der Waals surface area contributed by atoms with Crippen LogP contribution in [0.1, 0.15) is 32.3 Å². The first kappa shape index (κ1) is 13.8. The molecule has 0 spiro atoms. The van der Waals surface area contributed by atoms with Crippen LogP contribution in [0.15, 0.2) is 18.2 Å². The van der Waals surface area contributed by atoms with Crippen LogP contribution in [0, 0.1) is 0 Å². The van der Waals surface area contributed by atoms with E-state index in [1.165, 1.54) is 12.8 Å². The lowest BCUT2D eigenvalue weighted by Gasteiger charge is -2.24. The maximum Gasteiger partial charge on any atom is 0.162 e. The summed E-state index contributed by atoms with van der Waals surface area (Å²) in [4.78, 5) is 2.25. The van der Waals surface area contributed by atoms with Gasteiger partial charge in [0.05, 0.1) is 7.11 Å². The summed E-state index contributed by atoms with van der Waals surface area (Å²) in [6.45, 7) is 5.14. The number of rotatable bonds is 6. The molecule has 1 aromatic rings. The minimum absolute atomic E-state index is 0.255. The van der Waals surface area contributed by atoms with Gasteiger partial charge in [0.1, 0.15) is 0 Å². The number of para-hydroxylation sites is 1. The van der Waals surface area contributed by atoms with E-state index >= 15 is 0 Å². The number of nitrogens with zero attached hydrogens (tertiary/aromatic N) is 1. The predicted octanol–water partition coefficient (Wildman–Crippen LogP) is 3.02. The zero-order valence-electron chi connectivity index (χ0n) is 11.2. The third-order valence-corrected chi connectivity index (χ3v) is 3.18. The van der Waals surface area contributed by atoms with Gasteiger partial charge in [-0.1, -0.05) is 25.5 Å². The molecule has 0 saturated heterocycles. The van der Waals surface area contributed by atoms with Crippen molar-refractivity contribution in [1.82, 2.24) is 4.90 Å². The van der Waals surface area contributed by atoms with Crippen LogP contribution >= 0.6 is 0 Å². The van der Waals surface area contributed by atoms with Crippen LogP contribution in [-0.2, 0) is 6.54 Å². The first-order chi connectivity index (χ1) is 8.10. The highest BCUT2D eigenvalue weighted by atomic mass is 16.5. The second-order valence-corrected chi connectivity index (χ2v) is 4.52. The fraction of sp³-hybridized carbons (Fsp3) is 0.571. The number of phenolic OH excluding ortho intramolecular Hbond substituents is 1. The minimum atomic E-state index is 0.255. The lowest BCUT2D eigenvalue weighted by Crippen LogP contribution is -2.28. The Balaban J connectivity index is 2.74. The van der Waals surface area contributed by atoms with E-state index in [0.29, 0.717) is 11.8 Å². The molecule has 0 fully saturated rings. The van der Waals surface area contributed by atoms with E-state index in [2.05, 4.69) is 25.8 Å². The van der Waals surface area contributed by atoms with Crippen LogP contribution in [0.5, 0.6) is 11.5 Å². The van der Waals surface area contributed by atoms with E-state index in [-0.39, 0.29) is 5.75 Å². The molecule has 0 saturated carbocycles.